The Labute approximate surface area is 83.9 Å². The highest BCUT2D eigenvalue weighted by molar-refractivity contribution is 5.22. The van der Waals surface area contributed by atoms with E-state index in [1.54, 1.807) is 24.3 Å². The third-order valence-electron chi connectivity index (χ3n) is 2.43. The normalized spacial score (nSPS) is 13.7. The number of halogens is 1. The highest BCUT2D eigenvalue weighted by atomic mass is 19.1. The molecule has 0 fully saturated rings. The van der Waals surface area contributed by atoms with E-state index in [9.17, 15) is 9.50 Å². The van der Waals surface area contributed by atoms with Gasteiger partial charge in [-0.1, -0.05) is 38.1 Å². The Bertz CT molecular complexity index is 331. The zero-order valence-electron chi connectivity index (χ0n) is 8.50. The first-order valence-electron chi connectivity index (χ1n) is 4.55. The second kappa shape index (κ2) is 3.93. The highest BCUT2D eigenvalue weighted by Crippen LogP contribution is 2.34. The molecule has 0 radical (unpaired) electrons. The van der Waals surface area contributed by atoms with Gasteiger partial charge in [-0.15, -0.1) is 6.58 Å². The van der Waals surface area contributed by atoms with Crippen LogP contribution in [-0.2, 0) is 0 Å². The van der Waals surface area contributed by atoms with Crippen LogP contribution in [0.1, 0.15) is 25.5 Å². The van der Waals surface area contributed by atoms with E-state index in [1.165, 1.54) is 6.07 Å². The minimum absolute atomic E-state index is 0.317. The van der Waals surface area contributed by atoms with Crippen LogP contribution in [0.25, 0.3) is 0 Å². The fourth-order valence-corrected chi connectivity index (χ4v) is 1.21. The first-order valence-corrected chi connectivity index (χ1v) is 4.55. The molecule has 0 saturated carbocycles. The van der Waals surface area contributed by atoms with Crippen LogP contribution < -0.4 is 0 Å². The standard InChI is InChI=1S/C12H15FO/c1-4-12(2,3)11(14)9-7-5-6-8-10(9)13/h4-8,11,14H,1H2,2-3H3. The molecule has 14 heavy (non-hydrogen) atoms. The van der Waals surface area contributed by atoms with E-state index < -0.39 is 11.5 Å². The minimum atomic E-state index is -0.860. The summed E-state index contributed by atoms with van der Waals surface area (Å²) >= 11 is 0. The first-order chi connectivity index (χ1) is 6.49. The van der Waals surface area contributed by atoms with Gasteiger partial charge in [-0.2, -0.15) is 0 Å². The fraction of sp³-hybridized carbons (Fsp3) is 0.333. The lowest BCUT2D eigenvalue weighted by molar-refractivity contribution is 0.0788. The molecular weight excluding hydrogens is 179 g/mol. The maximum Gasteiger partial charge on any atom is 0.129 e. The monoisotopic (exact) mass is 194 g/mol. The molecule has 1 nitrogen and oxygen atoms in total. The quantitative estimate of drug-likeness (QED) is 0.733. The predicted molar refractivity (Wildman–Crippen MR) is 55.3 cm³/mol. The largest absolute Gasteiger partial charge is 0.387 e. The Morgan fingerprint density at radius 3 is 2.50 bits per heavy atom. The Kier molecular flexibility index (Phi) is 3.06. The van der Waals surface area contributed by atoms with Crippen molar-refractivity contribution in [2.75, 3.05) is 0 Å². The molecule has 0 aromatic heterocycles. The molecule has 1 rings (SSSR count). The van der Waals surface area contributed by atoms with Crippen molar-refractivity contribution >= 4 is 0 Å². The number of aliphatic hydroxyl groups is 1. The van der Waals surface area contributed by atoms with Crippen LogP contribution in [0.4, 0.5) is 4.39 Å². The number of rotatable bonds is 3. The second-order valence-electron chi connectivity index (χ2n) is 3.95. The van der Waals surface area contributed by atoms with Gasteiger partial charge >= 0.3 is 0 Å². The van der Waals surface area contributed by atoms with Gasteiger partial charge in [-0.05, 0) is 6.07 Å². The lowest BCUT2D eigenvalue weighted by Gasteiger charge is -2.27. The maximum atomic E-state index is 13.3. The molecule has 1 aromatic carbocycles. The van der Waals surface area contributed by atoms with E-state index in [-0.39, 0.29) is 5.82 Å². The van der Waals surface area contributed by atoms with Gasteiger partial charge in [0, 0.05) is 11.0 Å². The van der Waals surface area contributed by atoms with Crippen LogP contribution in [0.15, 0.2) is 36.9 Å². The van der Waals surface area contributed by atoms with Crippen LogP contribution in [0.5, 0.6) is 0 Å². The topological polar surface area (TPSA) is 20.2 Å². The fourth-order valence-electron chi connectivity index (χ4n) is 1.21. The first kappa shape index (κ1) is 10.9. The Hall–Kier alpha value is -1.15. The van der Waals surface area contributed by atoms with Crippen LogP contribution in [0.3, 0.4) is 0 Å². The molecule has 1 unspecified atom stereocenters. The molecule has 0 saturated heterocycles. The van der Waals surface area contributed by atoms with Gasteiger partial charge in [-0.25, -0.2) is 4.39 Å². The van der Waals surface area contributed by atoms with Crippen LogP contribution >= 0.6 is 0 Å². The van der Waals surface area contributed by atoms with E-state index in [0.717, 1.165) is 0 Å². The van der Waals surface area contributed by atoms with Crippen molar-refractivity contribution in [2.24, 2.45) is 5.41 Å². The Balaban J connectivity index is 3.06. The van der Waals surface area contributed by atoms with Gasteiger partial charge < -0.3 is 5.11 Å². The van der Waals surface area contributed by atoms with Crippen LogP contribution in [-0.4, -0.2) is 5.11 Å². The van der Waals surface area contributed by atoms with Crippen molar-refractivity contribution in [3.63, 3.8) is 0 Å². The number of aliphatic hydroxyl groups excluding tert-OH is 1. The molecule has 0 aliphatic rings. The highest BCUT2D eigenvalue weighted by Gasteiger charge is 2.27. The summed E-state index contributed by atoms with van der Waals surface area (Å²) in [5, 5.41) is 9.92. The molecule has 0 aliphatic heterocycles. The van der Waals surface area contributed by atoms with Crippen molar-refractivity contribution in [3.05, 3.63) is 48.3 Å². The second-order valence-corrected chi connectivity index (χ2v) is 3.95. The van der Waals surface area contributed by atoms with Crippen molar-refractivity contribution in [1.82, 2.24) is 0 Å². The van der Waals surface area contributed by atoms with Crippen molar-refractivity contribution < 1.29 is 9.50 Å². The molecule has 1 atom stereocenters. The van der Waals surface area contributed by atoms with E-state index in [0.29, 0.717) is 5.56 Å². The molecule has 0 heterocycles. The minimum Gasteiger partial charge on any atom is -0.387 e. The number of hydrogen-bond acceptors (Lipinski definition) is 1. The summed E-state index contributed by atoms with van der Waals surface area (Å²) in [6.07, 6.45) is 0.769. The van der Waals surface area contributed by atoms with Gasteiger partial charge in [0.1, 0.15) is 5.82 Å². The zero-order chi connectivity index (χ0) is 10.8. The molecule has 2 heteroatoms. The van der Waals surface area contributed by atoms with E-state index >= 15 is 0 Å². The summed E-state index contributed by atoms with van der Waals surface area (Å²) in [6, 6.07) is 6.25. The third-order valence-corrected chi connectivity index (χ3v) is 2.43. The average Bonchev–Trinajstić information content (AvgIpc) is 2.17. The van der Waals surface area contributed by atoms with Crippen molar-refractivity contribution in [2.45, 2.75) is 20.0 Å². The van der Waals surface area contributed by atoms with Gasteiger partial charge in [-0.3, -0.25) is 0 Å². The summed E-state index contributed by atoms with van der Waals surface area (Å²) in [6.45, 7) is 7.26. The maximum absolute atomic E-state index is 13.3. The Morgan fingerprint density at radius 1 is 1.43 bits per heavy atom. The Morgan fingerprint density at radius 2 is 2.00 bits per heavy atom. The lowest BCUT2D eigenvalue weighted by atomic mass is 9.83. The van der Waals surface area contributed by atoms with E-state index in [2.05, 4.69) is 6.58 Å². The van der Waals surface area contributed by atoms with Gasteiger partial charge in [0.15, 0.2) is 0 Å². The SMILES string of the molecule is C=CC(C)(C)C(O)c1ccccc1F. The van der Waals surface area contributed by atoms with E-state index in [4.69, 9.17) is 0 Å². The summed E-state index contributed by atoms with van der Waals surface area (Å²) in [5.41, 5.74) is -0.209. The zero-order valence-corrected chi connectivity index (χ0v) is 8.50. The van der Waals surface area contributed by atoms with Crippen molar-refractivity contribution in [1.29, 1.82) is 0 Å². The van der Waals surface area contributed by atoms with Gasteiger partial charge in [0.2, 0.25) is 0 Å². The summed E-state index contributed by atoms with van der Waals surface area (Å²) < 4.78 is 13.3. The van der Waals surface area contributed by atoms with Crippen LogP contribution in [0, 0.1) is 11.2 Å². The molecule has 76 valence electrons. The smallest absolute Gasteiger partial charge is 0.129 e. The van der Waals surface area contributed by atoms with E-state index in [1.807, 2.05) is 13.8 Å². The summed E-state index contributed by atoms with van der Waals surface area (Å²) in [7, 11) is 0. The average molecular weight is 194 g/mol. The molecule has 0 spiro atoms. The van der Waals surface area contributed by atoms with Crippen LogP contribution in [0.2, 0.25) is 0 Å². The molecule has 1 aromatic rings. The molecular formula is C12H15FO. The van der Waals surface area contributed by atoms with Crippen molar-refractivity contribution in [3.8, 4) is 0 Å². The summed E-state index contributed by atoms with van der Waals surface area (Å²) in [5.74, 6) is -0.380. The van der Waals surface area contributed by atoms with Gasteiger partial charge in [0.05, 0.1) is 6.10 Å². The number of hydrogen-bond donors (Lipinski definition) is 1. The summed E-state index contributed by atoms with van der Waals surface area (Å²) in [4.78, 5) is 0. The molecule has 0 bridgehead atoms. The molecule has 1 N–H and O–H groups in total. The molecule has 0 amide bonds. The lowest BCUT2D eigenvalue weighted by Crippen LogP contribution is -2.20. The number of benzene rings is 1. The van der Waals surface area contributed by atoms with Gasteiger partial charge in [0.25, 0.3) is 0 Å². The molecule has 0 aliphatic carbocycles. The third kappa shape index (κ3) is 2.02. The predicted octanol–water partition coefficient (Wildman–Crippen LogP) is 3.07.